The Labute approximate surface area is 119 Å². The van der Waals surface area contributed by atoms with Crippen LogP contribution in [-0.2, 0) is 4.79 Å². The lowest BCUT2D eigenvalue weighted by Gasteiger charge is -2.03. The van der Waals surface area contributed by atoms with Gasteiger partial charge in [0.15, 0.2) is 0 Å². The lowest BCUT2D eigenvalue weighted by atomic mass is 10.1. The van der Waals surface area contributed by atoms with E-state index in [0.29, 0.717) is 6.54 Å². The highest BCUT2D eigenvalue weighted by Gasteiger charge is 1.94. The molecule has 0 aromatic carbocycles. The monoisotopic (exact) mass is 270 g/mol. The van der Waals surface area contributed by atoms with E-state index in [1.807, 2.05) is 0 Å². The molecule has 0 aliphatic carbocycles. The van der Waals surface area contributed by atoms with Crippen LogP contribution in [0, 0.1) is 0 Å². The zero-order chi connectivity index (χ0) is 14.2. The van der Waals surface area contributed by atoms with Crippen LogP contribution in [0.1, 0.15) is 84.0 Å². The van der Waals surface area contributed by atoms with Crippen molar-refractivity contribution in [3.8, 4) is 0 Å². The topological polar surface area (TPSA) is 55.1 Å². The van der Waals surface area contributed by atoms with Crippen molar-refractivity contribution < 1.29 is 4.79 Å². The number of carbonyl (C=O) groups is 1. The number of hydrogen-bond donors (Lipinski definition) is 2. The summed E-state index contributed by atoms with van der Waals surface area (Å²) >= 11 is 0. The predicted octanol–water partition coefficient (Wildman–Crippen LogP) is 3.76. The van der Waals surface area contributed by atoms with E-state index in [2.05, 4.69) is 12.2 Å². The molecule has 0 fully saturated rings. The molecule has 0 aliphatic heterocycles. The number of carbonyl (C=O) groups excluding carboxylic acids is 1. The van der Waals surface area contributed by atoms with E-state index in [1.165, 1.54) is 70.6 Å². The van der Waals surface area contributed by atoms with Gasteiger partial charge >= 0.3 is 0 Å². The van der Waals surface area contributed by atoms with Gasteiger partial charge in [-0.3, -0.25) is 4.79 Å². The van der Waals surface area contributed by atoms with Crippen molar-refractivity contribution in [3.05, 3.63) is 0 Å². The maximum absolute atomic E-state index is 10.5. The normalized spacial score (nSPS) is 10.8. The first-order valence-corrected chi connectivity index (χ1v) is 8.26. The van der Waals surface area contributed by atoms with Gasteiger partial charge in [0, 0.05) is 0 Å². The molecule has 0 radical (unpaired) electrons. The van der Waals surface area contributed by atoms with Gasteiger partial charge in [-0.1, -0.05) is 77.6 Å². The molecule has 3 heteroatoms. The second-order valence-corrected chi connectivity index (χ2v) is 5.53. The van der Waals surface area contributed by atoms with Crippen LogP contribution >= 0.6 is 0 Å². The SMILES string of the molecule is CCCCCCCCCCCCCCNCC(N)=O. The lowest BCUT2D eigenvalue weighted by molar-refractivity contribution is -0.117. The first-order valence-electron chi connectivity index (χ1n) is 8.26. The Bertz CT molecular complexity index is 195. The minimum absolute atomic E-state index is 0.265. The molecule has 0 saturated heterocycles. The fraction of sp³-hybridized carbons (Fsp3) is 0.938. The third kappa shape index (κ3) is 17.4. The molecule has 19 heavy (non-hydrogen) atoms. The Morgan fingerprint density at radius 2 is 1.21 bits per heavy atom. The number of nitrogens with two attached hydrogens (primary N) is 1. The highest BCUT2D eigenvalue weighted by molar-refractivity contribution is 5.75. The maximum Gasteiger partial charge on any atom is 0.231 e. The zero-order valence-electron chi connectivity index (χ0n) is 12.9. The number of unbranched alkanes of at least 4 members (excludes halogenated alkanes) is 11. The average Bonchev–Trinajstić information content (AvgIpc) is 2.39. The molecule has 0 aliphatic rings. The summed E-state index contributed by atoms with van der Waals surface area (Å²) in [6.07, 6.45) is 16.4. The Balaban J connectivity index is 2.93. The molecule has 0 heterocycles. The van der Waals surface area contributed by atoms with Crippen molar-refractivity contribution in [1.82, 2.24) is 5.32 Å². The molecule has 0 bridgehead atoms. The van der Waals surface area contributed by atoms with Crippen molar-refractivity contribution >= 4 is 5.91 Å². The third-order valence-corrected chi connectivity index (χ3v) is 3.51. The summed E-state index contributed by atoms with van der Waals surface area (Å²) in [5, 5.41) is 3.05. The molecule has 3 nitrogen and oxygen atoms in total. The van der Waals surface area contributed by atoms with Gasteiger partial charge in [-0.15, -0.1) is 0 Å². The van der Waals surface area contributed by atoms with Crippen LogP contribution < -0.4 is 11.1 Å². The standard InChI is InChI=1S/C16H34N2O/c1-2-3-4-5-6-7-8-9-10-11-12-13-14-18-15-16(17)19/h18H,2-15H2,1H3,(H2,17,19). The van der Waals surface area contributed by atoms with E-state index in [-0.39, 0.29) is 5.91 Å². The summed E-state index contributed by atoms with van der Waals surface area (Å²) in [6, 6.07) is 0. The molecule has 0 aromatic heterocycles. The molecule has 0 rings (SSSR count). The molecule has 1 amide bonds. The molecule has 0 saturated carbocycles. The van der Waals surface area contributed by atoms with E-state index in [0.717, 1.165) is 13.0 Å². The number of rotatable bonds is 15. The summed E-state index contributed by atoms with van der Waals surface area (Å²) < 4.78 is 0. The van der Waals surface area contributed by atoms with E-state index in [4.69, 9.17) is 5.73 Å². The van der Waals surface area contributed by atoms with Crippen molar-refractivity contribution in [3.63, 3.8) is 0 Å². The van der Waals surface area contributed by atoms with E-state index in [9.17, 15) is 4.79 Å². The smallest absolute Gasteiger partial charge is 0.231 e. The first-order chi connectivity index (χ1) is 9.27. The fourth-order valence-corrected chi connectivity index (χ4v) is 2.30. The molecular formula is C16H34N2O. The highest BCUT2D eigenvalue weighted by Crippen LogP contribution is 2.11. The molecule has 3 N–H and O–H groups in total. The van der Waals surface area contributed by atoms with Gasteiger partial charge in [0.2, 0.25) is 5.91 Å². The van der Waals surface area contributed by atoms with Crippen molar-refractivity contribution in [2.75, 3.05) is 13.1 Å². The quantitative estimate of drug-likeness (QED) is 0.445. The van der Waals surface area contributed by atoms with Crippen LogP contribution in [0.25, 0.3) is 0 Å². The van der Waals surface area contributed by atoms with Crippen LogP contribution in [0.3, 0.4) is 0 Å². The second kappa shape index (κ2) is 15.5. The molecule has 0 aromatic rings. The van der Waals surface area contributed by atoms with Gasteiger partial charge in [-0.05, 0) is 13.0 Å². The van der Waals surface area contributed by atoms with Gasteiger partial charge in [0.25, 0.3) is 0 Å². The highest BCUT2D eigenvalue weighted by atomic mass is 16.1. The molecule has 0 spiro atoms. The van der Waals surface area contributed by atoms with E-state index >= 15 is 0 Å². The van der Waals surface area contributed by atoms with Crippen LogP contribution in [0.4, 0.5) is 0 Å². The average molecular weight is 270 g/mol. The van der Waals surface area contributed by atoms with Crippen molar-refractivity contribution in [2.24, 2.45) is 5.73 Å². The second-order valence-electron chi connectivity index (χ2n) is 5.53. The summed E-state index contributed by atoms with van der Waals surface area (Å²) in [7, 11) is 0. The number of nitrogens with one attached hydrogen (secondary N) is 1. The summed E-state index contributed by atoms with van der Waals surface area (Å²) in [5.74, 6) is -0.265. The molecule has 0 atom stereocenters. The van der Waals surface area contributed by atoms with Crippen LogP contribution in [-0.4, -0.2) is 19.0 Å². The van der Waals surface area contributed by atoms with Crippen LogP contribution in [0.2, 0.25) is 0 Å². The van der Waals surface area contributed by atoms with Gasteiger partial charge in [-0.25, -0.2) is 0 Å². The Morgan fingerprint density at radius 3 is 1.63 bits per heavy atom. The maximum atomic E-state index is 10.5. The first kappa shape index (κ1) is 18.4. The van der Waals surface area contributed by atoms with Gasteiger partial charge in [0.1, 0.15) is 0 Å². The summed E-state index contributed by atoms with van der Waals surface area (Å²) in [5.41, 5.74) is 5.04. The summed E-state index contributed by atoms with van der Waals surface area (Å²) in [4.78, 5) is 10.5. The summed E-state index contributed by atoms with van der Waals surface area (Å²) in [6.45, 7) is 3.50. The Morgan fingerprint density at radius 1 is 0.789 bits per heavy atom. The Hall–Kier alpha value is -0.570. The molecule has 114 valence electrons. The lowest BCUT2D eigenvalue weighted by Crippen LogP contribution is -2.29. The van der Waals surface area contributed by atoms with E-state index in [1.54, 1.807) is 0 Å². The van der Waals surface area contributed by atoms with Crippen LogP contribution in [0.5, 0.6) is 0 Å². The van der Waals surface area contributed by atoms with Gasteiger partial charge in [-0.2, -0.15) is 0 Å². The van der Waals surface area contributed by atoms with Crippen molar-refractivity contribution in [2.45, 2.75) is 84.0 Å². The van der Waals surface area contributed by atoms with E-state index < -0.39 is 0 Å². The number of amides is 1. The van der Waals surface area contributed by atoms with Crippen LogP contribution in [0.15, 0.2) is 0 Å². The molecular weight excluding hydrogens is 236 g/mol. The Kier molecular flexibility index (Phi) is 15.0. The minimum atomic E-state index is -0.265. The predicted molar refractivity (Wildman–Crippen MR) is 83.1 cm³/mol. The largest absolute Gasteiger partial charge is 0.369 e. The number of hydrogen-bond acceptors (Lipinski definition) is 2. The van der Waals surface area contributed by atoms with Crippen molar-refractivity contribution in [1.29, 1.82) is 0 Å². The number of primary amides is 1. The third-order valence-electron chi connectivity index (χ3n) is 3.51. The zero-order valence-corrected chi connectivity index (χ0v) is 12.9. The van der Waals surface area contributed by atoms with Gasteiger partial charge in [0.05, 0.1) is 6.54 Å². The fourth-order valence-electron chi connectivity index (χ4n) is 2.30. The minimum Gasteiger partial charge on any atom is -0.369 e. The van der Waals surface area contributed by atoms with Gasteiger partial charge < -0.3 is 11.1 Å². The molecule has 0 unspecified atom stereocenters.